The third-order valence-corrected chi connectivity index (χ3v) is 4.39. The Balaban J connectivity index is 1.54. The maximum Gasteiger partial charge on any atom is 0.277 e. The molecule has 128 valence electrons. The minimum atomic E-state index is 0.0477. The molecule has 0 aliphatic carbocycles. The zero-order valence-electron chi connectivity index (χ0n) is 14.1. The third kappa shape index (κ3) is 4.70. The van der Waals surface area contributed by atoms with Crippen molar-refractivity contribution in [3.63, 3.8) is 0 Å². The molecular weight excluding hydrogens is 336 g/mol. The summed E-state index contributed by atoms with van der Waals surface area (Å²) < 4.78 is 11.1. The minimum absolute atomic E-state index is 0.0477. The first-order valence-corrected chi connectivity index (χ1v) is 8.84. The number of ether oxygens (including phenoxy) is 1. The highest BCUT2D eigenvalue weighted by atomic mass is 32.2. The van der Waals surface area contributed by atoms with Crippen LogP contribution in [0.15, 0.2) is 58.2 Å². The summed E-state index contributed by atoms with van der Waals surface area (Å²) in [7, 11) is 0. The topological polar surface area (TPSA) is 65.2 Å². The summed E-state index contributed by atoms with van der Waals surface area (Å²) in [6.07, 6.45) is 0. The maximum absolute atomic E-state index is 12.4. The van der Waals surface area contributed by atoms with E-state index in [2.05, 4.69) is 10.2 Å². The van der Waals surface area contributed by atoms with E-state index in [1.165, 1.54) is 11.8 Å². The molecule has 0 atom stereocenters. The summed E-state index contributed by atoms with van der Waals surface area (Å²) >= 11 is 1.24. The van der Waals surface area contributed by atoms with Gasteiger partial charge in [-0.05, 0) is 37.6 Å². The quantitative estimate of drug-likeness (QED) is 0.467. The fourth-order valence-corrected chi connectivity index (χ4v) is 2.92. The molecule has 0 aliphatic rings. The number of hydrogen-bond donors (Lipinski definition) is 0. The minimum Gasteiger partial charge on any atom is -0.484 e. The normalized spacial score (nSPS) is 10.6. The fraction of sp³-hybridized carbons (Fsp3) is 0.211. The Hall–Kier alpha value is -2.60. The van der Waals surface area contributed by atoms with Gasteiger partial charge < -0.3 is 9.15 Å². The monoisotopic (exact) mass is 354 g/mol. The molecule has 0 amide bonds. The number of carbonyl (C=O) groups excluding carboxylic acids is 1. The molecule has 2 aromatic carbocycles. The summed E-state index contributed by atoms with van der Waals surface area (Å²) in [5.41, 5.74) is 2.77. The van der Waals surface area contributed by atoms with Crippen LogP contribution < -0.4 is 4.74 Å². The molecule has 25 heavy (non-hydrogen) atoms. The SMILES string of the molecule is Cc1ccc(C)c(C(=O)CSc2nnc(COc3ccccc3)o2)c1. The maximum atomic E-state index is 12.4. The Kier molecular flexibility index (Phi) is 5.50. The molecule has 0 unspecified atom stereocenters. The molecule has 5 nitrogen and oxygen atoms in total. The van der Waals surface area contributed by atoms with Crippen LogP contribution in [0.1, 0.15) is 27.4 Å². The second-order valence-electron chi connectivity index (χ2n) is 5.59. The van der Waals surface area contributed by atoms with Crippen molar-refractivity contribution in [1.82, 2.24) is 10.2 Å². The van der Waals surface area contributed by atoms with E-state index in [0.29, 0.717) is 11.1 Å². The molecule has 0 saturated heterocycles. The van der Waals surface area contributed by atoms with E-state index in [4.69, 9.17) is 9.15 Å². The van der Waals surface area contributed by atoms with Gasteiger partial charge in [0.25, 0.3) is 11.1 Å². The Morgan fingerprint density at radius 1 is 1.12 bits per heavy atom. The number of rotatable bonds is 7. The van der Waals surface area contributed by atoms with E-state index in [1.54, 1.807) is 0 Å². The van der Waals surface area contributed by atoms with Crippen molar-refractivity contribution >= 4 is 17.5 Å². The smallest absolute Gasteiger partial charge is 0.277 e. The second kappa shape index (κ2) is 7.98. The van der Waals surface area contributed by atoms with Gasteiger partial charge in [0.15, 0.2) is 12.4 Å². The molecule has 0 aliphatic heterocycles. The van der Waals surface area contributed by atoms with Crippen molar-refractivity contribution in [2.24, 2.45) is 0 Å². The third-order valence-electron chi connectivity index (χ3n) is 3.57. The zero-order chi connectivity index (χ0) is 17.6. The van der Waals surface area contributed by atoms with Gasteiger partial charge in [-0.3, -0.25) is 4.79 Å². The van der Waals surface area contributed by atoms with Crippen molar-refractivity contribution in [1.29, 1.82) is 0 Å². The predicted molar refractivity (Wildman–Crippen MR) is 96.0 cm³/mol. The van der Waals surface area contributed by atoms with Crippen molar-refractivity contribution in [3.05, 3.63) is 71.1 Å². The lowest BCUT2D eigenvalue weighted by atomic mass is 10.0. The molecule has 0 N–H and O–H groups in total. The van der Waals surface area contributed by atoms with E-state index in [0.717, 1.165) is 22.4 Å². The Morgan fingerprint density at radius 2 is 1.92 bits per heavy atom. The molecule has 0 fully saturated rings. The van der Waals surface area contributed by atoms with Gasteiger partial charge >= 0.3 is 0 Å². The van der Waals surface area contributed by atoms with Crippen LogP contribution in [-0.2, 0) is 6.61 Å². The molecule has 0 saturated carbocycles. The van der Waals surface area contributed by atoms with Crippen LogP contribution in [0.3, 0.4) is 0 Å². The Morgan fingerprint density at radius 3 is 2.72 bits per heavy atom. The standard InChI is InChI=1S/C19H18N2O3S/c1-13-8-9-14(2)16(10-13)17(22)12-25-19-21-20-18(24-19)11-23-15-6-4-3-5-7-15/h3-10H,11-12H2,1-2H3. The first-order valence-electron chi connectivity index (χ1n) is 7.85. The van der Waals surface area contributed by atoms with Crippen LogP contribution in [-0.4, -0.2) is 21.7 Å². The summed E-state index contributed by atoms with van der Waals surface area (Å²) in [6.45, 7) is 4.10. The van der Waals surface area contributed by atoms with Crippen LogP contribution >= 0.6 is 11.8 Å². The highest BCUT2D eigenvalue weighted by molar-refractivity contribution is 7.99. The van der Waals surface area contributed by atoms with Gasteiger partial charge in [0, 0.05) is 5.56 Å². The highest BCUT2D eigenvalue weighted by Crippen LogP contribution is 2.20. The van der Waals surface area contributed by atoms with Crippen molar-refractivity contribution in [2.45, 2.75) is 25.7 Å². The lowest BCUT2D eigenvalue weighted by Crippen LogP contribution is -2.05. The summed E-state index contributed by atoms with van der Waals surface area (Å²) in [5, 5.41) is 8.25. The predicted octanol–water partition coefficient (Wildman–Crippen LogP) is 4.24. The van der Waals surface area contributed by atoms with Crippen LogP contribution in [0.5, 0.6) is 5.75 Å². The Bertz CT molecular complexity index is 862. The van der Waals surface area contributed by atoms with Crippen molar-refractivity contribution in [2.75, 3.05) is 5.75 Å². The second-order valence-corrected chi connectivity index (χ2v) is 6.52. The first kappa shape index (κ1) is 17.2. The number of thioether (sulfide) groups is 1. The van der Waals surface area contributed by atoms with Crippen LogP contribution in [0.25, 0.3) is 0 Å². The van der Waals surface area contributed by atoms with Gasteiger partial charge in [0.2, 0.25) is 0 Å². The Labute approximate surface area is 150 Å². The van der Waals surface area contributed by atoms with Gasteiger partial charge in [-0.25, -0.2) is 0 Å². The zero-order valence-corrected chi connectivity index (χ0v) is 14.9. The fourth-order valence-electron chi connectivity index (χ4n) is 2.26. The van der Waals surface area contributed by atoms with E-state index in [9.17, 15) is 4.79 Å². The number of hydrogen-bond acceptors (Lipinski definition) is 6. The number of para-hydroxylation sites is 1. The first-order chi connectivity index (χ1) is 12.1. The number of aromatic nitrogens is 2. The molecule has 6 heteroatoms. The van der Waals surface area contributed by atoms with Crippen LogP contribution in [0.4, 0.5) is 0 Å². The van der Waals surface area contributed by atoms with Gasteiger partial charge in [-0.1, -0.05) is 47.7 Å². The van der Waals surface area contributed by atoms with Crippen molar-refractivity contribution < 1.29 is 13.9 Å². The largest absolute Gasteiger partial charge is 0.484 e. The summed E-state index contributed by atoms with van der Waals surface area (Å²) in [4.78, 5) is 12.4. The van der Waals surface area contributed by atoms with Crippen LogP contribution in [0, 0.1) is 13.8 Å². The number of Topliss-reactive ketones (excluding diaryl/α,β-unsaturated/α-hetero) is 1. The van der Waals surface area contributed by atoms with Crippen molar-refractivity contribution in [3.8, 4) is 5.75 Å². The van der Waals surface area contributed by atoms with E-state index >= 15 is 0 Å². The summed E-state index contributed by atoms with van der Waals surface area (Å²) in [6, 6.07) is 15.3. The molecule has 3 rings (SSSR count). The van der Waals surface area contributed by atoms with Gasteiger partial charge in [-0.15, -0.1) is 10.2 Å². The van der Waals surface area contributed by atoms with E-state index < -0.39 is 0 Å². The number of nitrogens with zero attached hydrogens (tertiary/aromatic N) is 2. The molecule has 0 radical (unpaired) electrons. The van der Waals surface area contributed by atoms with Crippen LogP contribution in [0.2, 0.25) is 0 Å². The molecule has 0 bridgehead atoms. The molecule has 1 aromatic heterocycles. The number of benzene rings is 2. The number of aryl methyl sites for hydroxylation is 2. The molecular formula is C19H18N2O3S. The average Bonchev–Trinajstić information content (AvgIpc) is 3.09. The number of ketones is 1. The average molecular weight is 354 g/mol. The summed E-state index contributed by atoms with van der Waals surface area (Å²) in [5.74, 6) is 1.42. The van der Waals surface area contributed by atoms with Gasteiger partial charge in [-0.2, -0.15) is 0 Å². The van der Waals surface area contributed by atoms with E-state index in [1.807, 2.05) is 62.4 Å². The molecule has 0 spiro atoms. The highest BCUT2D eigenvalue weighted by Gasteiger charge is 2.13. The molecule has 3 aromatic rings. The lowest BCUT2D eigenvalue weighted by molar-refractivity contribution is 0.102. The number of carbonyl (C=O) groups is 1. The van der Waals surface area contributed by atoms with Gasteiger partial charge in [0.1, 0.15) is 5.75 Å². The lowest BCUT2D eigenvalue weighted by Gasteiger charge is -2.05. The van der Waals surface area contributed by atoms with Gasteiger partial charge in [0.05, 0.1) is 5.75 Å². The van der Waals surface area contributed by atoms with E-state index in [-0.39, 0.29) is 18.1 Å². The molecule has 1 heterocycles.